The predicted octanol–water partition coefficient (Wildman–Crippen LogP) is 4.84. The zero-order chi connectivity index (χ0) is 13.7. The van der Waals surface area contributed by atoms with Crippen molar-refractivity contribution in [3.63, 3.8) is 0 Å². The van der Waals surface area contributed by atoms with Crippen molar-refractivity contribution in [2.24, 2.45) is 5.92 Å². The fraction of sp³-hybridized carbons (Fsp3) is 0.533. The zero-order valence-corrected chi connectivity index (χ0v) is 12.5. The summed E-state index contributed by atoms with van der Waals surface area (Å²) < 4.78 is 14.2. The molecule has 0 amide bonds. The van der Waals surface area contributed by atoms with E-state index in [1.54, 1.807) is 12.1 Å². The summed E-state index contributed by atoms with van der Waals surface area (Å²) in [5, 5.41) is 11.9. The highest BCUT2D eigenvalue weighted by Gasteiger charge is 2.14. The van der Waals surface area contributed by atoms with Gasteiger partial charge in [-0.2, -0.15) is 5.26 Å². The molecule has 4 heteroatoms. The molecule has 102 valence electrons. The Kier molecular flexibility index (Phi) is 5.21. The van der Waals surface area contributed by atoms with Crippen LogP contribution in [0.15, 0.2) is 16.6 Å². The molecule has 0 radical (unpaired) electrons. The molecular formula is C15H18BrFN2. The molecule has 1 aromatic rings. The van der Waals surface area contributed by atoms with Crippen LogP contribution in [0, 0.1) is 23.1 Å². The Morgan fingerprint density at radius 1 is 1.37 bits per heavy atom. The number of halogens is 2. The Bertz CT molecular complexity index is 476. The summed E-state index contributed by atoms with van der Waals surface area (Å²) in [7, 11) is 0. The lowest BCUT2D eigenvalue weighted by Gasteiger charge is -2.11. The van der Waals surface area contributed by atoms with Crippen LogP contribution in [-0.2, 0) is 0 Å². The molecule has 0 saturated heterocycles. The Morgan fingerprint density at radius 2 is 2.11 bits per heavy atom. The molecule has 1 N–H and O–H groups in total. The summed E-state index contributed by atoms with van der Waals surface area (Å²) in [5.74, 6) is 0.499. The molecule has 1 fully saturated rings. The number of rotatable bonds is 5. The number of nitriles is 1. The number of nitrogens with zero attached hydrogens (tertiary/aromatic N) is 1. The van der Waals surface area contributed by atoms with Gasteiger partial charge in [0, 0.05) is 6.54 Å². The molecule has 1 aliphatic carbocycles. The minimum atomic E-state index is -0.375. The van der Waals surface area contributed by atoms with Gasteiger partial charge in [-0.3, -0.25) is 0 Å². The van der Waals surface area contributed by atoms with E-state index in [-0.39, 0.29) is 10.3 Å². The lowest BCUT2D eigenvalue weighted by molar-refractivity contribution is 0.491. The van der Waals surface area contributed by atoms with Crippen molar-refractivity contribution >= 4 is 21.6 Å². The van der Waals surface area contributed by atoms with Crippen LogP contribution in [0.4, 0.5) is 10.1 Å². The highest BCUT2D eigenvalue weighted by atomic mass is 79.9. The summed E-state index contributed by atoms with van der Waals surface area (Å²) in [6, 6.07) is 5.22. The average Bonchev–Trinajstić information content (AvgIpc) is 2.92. The molecule has 0 atom stereocenters. The number of nitrogens with one attached hydrogen (secondary N) is 1. The van der Waals surface area contributed by atoms with E-state index in [1.807, 2.05) is 6.07 Å². The topological polar surface area (TPSA) is 35.8 Å². The van der Waals surface area contributed by atoms with Gasteiger partial charge in [0.15, 0.2) is 5.82 Å². The second-order valence-corrected chi connectivity index (χ2v) is 5.91. The van der Waals surface area contributed by atoms with Gasteiger partial charge < -0.3 is 5.32 Å². The Balaban J connectivity index is 1.82. The fourth-order valence-electron chi connectivity index (χ4n) is 2.69. The van der Waals surface area contributed by atoms with Gasteiger partial charge in [-0.15, -0.1) is 0 Å². The minimum Gasteiger partial charge on any atom is -0.383 e. The molecule has 2 nitrogen and oxygen atoms in total. The molecule has 0 heterocycles. The van der Waals surface area contributed by atoms with Crippen molar-refractivity contribution in [1.29, 1.82) is 5.26 Å². The van der Waals surface area contributed by atoms with Gasteiger partial charge in [-0.25, -0.2) is 4.39 Å². The first-order valence-electron chi connectivity index (χ1n) is 6.84. The molecule has 0 aromatic heterocycles. The molecule has 2 rings (SSSR count). The first kappa shape index (κ1) is 14.3. The summed E-state index contributed by atoms with van der Waals surface area (Å²) in [4.78, 5) is 0. The van der Waals surface area contributed by atoms with Crippen LogP contribution in [0.3, 0.4) is 0 Å². The highest BCUT2D eigenvalue weighted by Crippen LogP contribution is 2.29. The van der Waals surface area contributed by atoms with E-state index in [4.69, 9.17) is 5.26 Å². The summed E-state index contributed by atoms with van der Waals surface area (Å²) in [5.41, 5.74) is 0.798. The van der Waals surface area contributed by atoms with Gasteiger partial charge in [0.25, 0.3) is 0 Å². The predicted molar refractivity (Wildman–Crippen MR) is 78.5 cm³/mol. The molecule has 19 heavy (non-hydrogen) atoms. The van der Waals surface area contributed by atoms with Gasteiger partial charge in [0.05, 0.1) is 15.7 Å². The van der Waals surface area contributed by atoms with Gasteiger partial charge in [0.2, 0.25) is 0 Å². The normalized spacial score (nSPS) is 15.4. The summed E-state index contributed by atoms with van der Waals surface area (Å²) in [6.07, 6.45) is 7.76. The number of benzene rings is 1. The van der Waals surface area contributed by atoms with Crippen molar-refractivity contribution in [1.82, 2.24) is 0 Å². The van der Waals surface area contributed by atoms with Gasteiger partial charge in [-0.05, 0) is 46.8 Å². The van der Waals surface area contributed by atoms with E-state index in [9.17, 15) is 4.39 Å². The third kappa shape index (κ3) is 3.70. The Hall–Kier alpha value is -1.08. The van der Waals surface area contributed by atoms with E-state index in [1.165, 1.54) is 32.1 Å². The molecule has 1 aliphatic rings. The largest absolute Gasteiger partial charge is 0.383 e. The lowest BCUT2D eigenvalue weighted by Crippen LogP contribution is -2.06. The van der Waals surface area contributed by atoms with Gasteiger partial charge in [0.1, 0.15) is 6.07 Å². The van der Waals surface area contributed by atoms with Crippen molar-refractivity contribution in [3.8, 4) is 6.07 Å². The Morgan fingerprint density at radius 3 is 2.79 bits per heavy atom. The third-order valence-corrected chi connectivity index (χ3v) is 4.56. The van der Waals surface area contributed by atoms with E-state index >= 15 is 0 Å². The molecule has 1 aromatic carbocycles. The van der Waals surface area contributed by atoms with E-state index in [0.717, 1.165) is 18.9 Å². The molecule has 1 saturated carbocycles. The van der Waals surface area contributed by atoms with Gasteiger partial charge in [-0.1, -0.05) is 25.7 Å². The van der Waals surface area contributed by atoms with Gasteiger partial charge >= 0.3 is 0 Å². The number of hydrogen-bond donors (Lipinski definition) is 1. The first-order chi connectivity index (χ1) is 9.22. The van der Waals surface area contributed by atoms with Crippen LogP contribution in [0.1, 0.15) is 44.1 Å². The quantitative estimate of drug-likeness (QED) is 0.786. The second-order valence-electron chi connectivity index (χ2n) is 5.12. The van der Waals surface area contributed by atoms with Crippen LogP contribution < -0.4 is 5.32 Å². The monoisotopic (exact) mass is 324 g/mol. The molecule has 0 spiro atoms. The molecule has 0 bridgehead atoms. The number of anilines is 1. The fourth-order valence-corrected chi connectivity index (χ4v) is 3.12. The smallest absolute Gasteiger partial charge is 0.161 e. The second kappa shape index (κ2) is 6.91. The van der Waals surface area contributed by atoms with E-state index in [2.05, 4.69) is 21.2 Å². The van der Waals surface area contributed by atoms with Crippen LogP contribution in [-0.4, -0.2) is 6.54 Å². The lowest BCUT2D eigenvalue weighted by atomic mass is 10.0. The Labute approximate surface area is 122 Å². The molecule has 0 aliphatic heterocycles. The van der Waals surface area contributed by atoms with Crippen molar-refractivity contribution in [2.75, 3.05) is 11.9 Å². The summed E-state index contributed by atoms with van der Waals surface area (Å²) >= 11 is 3.12. The van der Waals surface area contributed by atoms with Crippen molar-refractivity contribution < 1.29 is 4.39 Å². The molecular weight excluding hydrogens is 307 g/mol. The van der Waals surface area contributed by atoms with Crippen LogP contribution in [0.25, 0.3) is 0 Å². The highest BCUT2D eigenvalue weighted by molar-refractivity contribution is 9.10. The van der Waals surface area contributed by atoms with Crippen molar-refractivity contribution in [2.45, 2.75) is 38.5 Å². The van der Waals surface area contributed by atoms with Crippen LogP contribution in [0.5, 0.6) is 0 Å². The maximum Gasteiger partial charge on any atom is 0.161 e. The van der Waals surface area contributed by atoms with E-state index < -0.39 is 0 Å². The van der Waals surface area contributed by atoms with Crippen LogP contribution in [0.2, 0.25) is 0 Å². The van der Waals surface area contributed by atoms with Crippen LogP contribution >= 0.6 is 15.9 Å². The maximum atomic E-state index is 13.9. The molecule has 0 unspecified atom stereocenters. The maximum absolute atomic E-state index is 13.9. The minimum absolute atomic E-state index is 0.246. The third-order valence-electron chi connectivity index (χ3n) is 3.78. The first-order valence-corrected chi connectivity index (χ1v) is 7.63. The summed E-state index contributed by atoms with van der Waals surface area (Å²) in [6.45, 7) is 0.783. The van der Waals surface area contributed by atoms with E-state index in [0.29, 0.717) is 11.3 Å². The SMILES string of the molecule is N#Cc1ccc(NCCCC2CCCC2)c(F)c1Br. The number of hydrogen-bond acceptors (Lipinski definition) is 2. The standard InChI is InChI=1S/C15H18BrFN2/c16-14-12(10-18)7-8-13(15(14)17)19-9-3-6-11-4-1-2-5-11/h7-8,11,19H,1-6,9H2. The zero-order valence-electron chi connectivity index (χ0n) is 10.9. The average molecular weight is 325 g/mol. The van der Waals surface area contributed by atoms with Crippen molar-refractivity contribution in [3.05, 3.63) is 28.0 Å².